The summed E-state index contributed by atoms with van der Waals surface area (Å²) in [5.74, 6) is -2.76. The van der Waals surface area contributed by atoms with Crippen LogP contribution in [0.5, 0.6) is 0 Å². The van der Waals surface area contributed by atoms with Crippen molar-refractivity contribution >= 4 is 40.8 Å². The molecule has 0 aromatic heterocycles. The number of anilines is 1. The van der Waals surface area contributed by atoms with Crippen LogP contribution in [0.25, 0.3) is 11.1 Å². The van der Waals surface area contributed by atoms with Crippen LogP contribution in [0.2, 0.25) is 10.0 Å². The summed E-state index contributed by atoms with van der Waals surface area (Å²) in [4.78, 5) is 23.8. The number of carbonyl (C=O) groups excluding carboxylic acids is 1. The summed E-state index contributed by atoms with van der Waals surface area (Å²) >= 11 is 12.3. The smallest absolute Gasteiger partial charge is 0.336 e. The number of aromatic carboxylic acids is 1. The first-order chi connectivity index (χ1) is 12.9. The summed E-state index contributed by atoms with van der Waals surface area (Å²) in [6.07, 6.45) is 0. The first-order valence-electron chi connectivity index (χ1n) is 7.76. The van der Waals surface area contributed by atoms with Crippen molar-refractivity contribution in [3.05, 3.63) is 87.7 Å². The average molecular weight is 404 g/mol. The van der Waals surface area contributed by atoms with Gasteiger partial charge in [0, 0.05) is 5.56 Å². The Morgan fingerprint density at radius 1 is 0.926 bits per heavy atom. The maximum Gasteiger partial charge on any atom is 0.336 e. The zero-order valence-electron chi connectivity index (χ0n) is 13.7. The Kier molecular flexibility index (Phi) is 5.44. The number of hydrogen-bond donors (Lipinski definition) is 2. The normalized spacial score (nSPS) is 10.5. The third kappa shape index (κ3) is 3.79. The predicted octanol–water partition coefficient (Wildman–Crippen LogP) is 5.75. The third-order valence-electron chi connectivity index (χ3n) is 3.88. The molecule has 0 aliphatic heterocycles. The number of nitrogens with one attached hydrogen (secondary N) is 1. The van der Waals surface area contributed by atoms with Gasteiger partial charge in [-0.15, -0.1) is 0 Å². The molecule has 0 saturated heterocycles. The lowest BCUT2D eigenvalue weighted by Gasteiger charge is -2.14. The predicted molar refractivity (Wildman–Crippen MR) is 103 cm³/mol. The van der Waals surface area contributed by atoms with Crippen LogP contribution >= 0.6 is 23.2 Å². The van der Waals surface area contributed by atoms with Crippen LogP contribution in [0.4, 0.5) is 10.1 Å². The Morgan fingerprint density at radius 2 is 1.52 bits per heavy atom. The van der Waals surface area contributed by atoms with Crippen molar-refractivity contribution in [2.24, 2.45) is 0 Å². The quantitative estimate of drug-likeness (QED) is 0.544. The molecule has 0 radical (unpaired) electrons. The second-order valence-corrected chi connectivity index (χ2v) is 6.36. The Bertz CT molecular complexity index is 1040. The van der Waals surface area contributed by atoms with Crippen molar-refractivity contribution in [2.75, 3.05) is 5.32 Å². The molecule has 0 unspecified atom stereocenters. The summed E-state index contributed by atoms with van der Waals surface area (Å²) in [6, 6.07) is 15.7. The molecule has 27 heavy (non-hydrogen) atoms. The van der Waals surface area contributed by atoms with Crippen LogP contribution in [-0.4, -0.2) is 17.0 Å². The van der Waals surface area contributed by atoms with E-state index in [0.717, 1.165) is 0 Å². The fraction of sp³-hybridized carbons (Fsp3) is 0. The molecule has 4 nitrogen and oxygen atoms in total. The highest BCUT2D eigenvalue weighted by atomic mass is 35.5. The molecule has 7 heteroatoms. The maximum atomic E-state index is 14.8. The minimum Gasteiger partial charge on any atom is -0.478 e. The molecule has 0 atom stereocenters. The zero-order chi connectivity index (χ0) is 19.6. The lowest BCUT2D eigenvalue weighted by molar-refractivity contribution is 0.0692. The molecular formula is C20H12Cl2FNO3. The van der Waals surface area contributed by atoms with Gasteiger partial charge >= 0.3 is 5.97 Å². The molecule has 0 bridgehead atoms. The topological polar surface area (TPSA) is 66.4 Å². The number of carboxylic acids is 1. The minimum atomic E-state index is -1.26. The van der Waals surface area contributed by atoms with Gasteiger partial charge in [0.05, 0.1) is 21.8 Å². The molecule has 136 valence electrons. The van der Waals surface area contributed by atoms with Crippen molar-refractivity contribution in [3.63, 3.8) is 0 Å². The van der Waals surface area contributed by atoms with E-state index >= 15 is 0 Å². The zero-order valence-corrected chi connectivity index (χ0v) is 15.2. The third-order valence-corrected chi connectivity index (χ3v) is 4.54. The molecular weight excluding hydrogens is 392 g/mol. The van der Waals surface area contributed by atoms with Crippen molar-refractivity contribution < 1.29 is 19.1 Å². The Balaban J connectivity index is 2.01. The molecule has 0 spiro atoms. The van der Waals surface area contributed by atoms with Gasteiger partial charge in [-0.3, -0.25) is 4.79 Å². The standard InChI is InChI=1S/C20H12Cl2FNO3/c21-15-10-14(11-6-2-1-3-7-11)17(23)16(22)18(15)24-19(25)12-8-4-5-9-13(12)20(26)27/h1-10H,(H,24,25)(H,26,27). The fourth-order valence-electron chi connectivity index (χ4n) is 2.59. The van der Waals surface area contributed by atoms with Crippen LogP contribution in [0, 0.1) is 5.82 Å². The van der Waals surface area contributed by atoms with Crippen LogP contribution < -0.4 is 5.32 Å². The highest BCUT2D eigenvalue weighted by Crippen LogP contribution is 2.39. The summed E-state index contributed by atoms with van der Waals surface area (Å²) in [5, 5.41) is 11.3. The van der Waals surface area contributed by atoms with Gasteiger partial charge in [0.15, 0.2) is 5.82 Å². The number of amides is 1. The number of halogens is 3. The lowest BCUT2D eigenvalue weighted by atomic mass is 10.0. The van der Waals surface area contributed by atoms with Crippen molar-refractivity contribution in [1.29, 1.82) is 0 Å². The molecule has 3 aromatic rings. The van der Waals surface area contributed by atoms with E-state index in [1.165, 1.54) is 30.3 Å². The molecule has 0 aliphatic carbocycles. The van der Waals surface area contributed by atoms with E-state index in [1.54, 1.807) is 30.3 Å². The number of carbonyl (C=O) groups is 2. The van der Waals surface area contributed by atoms with E-state index in [-0.39, 0.29) is 32.4 Å². The van der Waals surface area contributed by atoms with Crippen LogP contribution in [-0.2, 0) is 0 Å². The largest absolute Gasteiger partial charge is 0.478 e. The molecule has 2 N–H and O–H groups in total. The lowest BCUT2D eigenvalue weighted by Crippen LogP contribution is -2.17. The Labute approximate surface area is 164 Å². The highest BCUT2D eigenvalue weighted by molar-refractivity contribution is 6.40. The number of carboxylic acid groups (broad SMARTS) is 1. The van der Waals surface area contributed by atoms with Crippen LogP contribution in [0.15, 0.2) is 60.7 Å². The van der Waals surface area contributed by atoms with Gasteiger partial charge in [-0.25, -0.2) is 9.18 Å². The van der Waals surface area contributed by atoms with Crippen molar-refractivity contribution in [3.8, 4) is 11.1 Å². The summed E-state index contributed by atoms with van der Waals surface area (Å²) < 4.78 is 14.8. The van der Waals surface area contributed by atoms with E-state index in [9.17, 15) is 19.1 Å². The van der Waals surface area contributed by atoms with Gasteiger partial charge in [-0.2, -0.15) is 0 Å². The van der Waals surface area contributed by atoms with E-state index in [4.69, 9.17) is 23.2 Å². The number of rotatable bonds is 4. The summed E-state index contributed by atoms with van der Waals surface area (Å²) in [5.41, 5.74) is 0.358. The van der Waals surface area contributed by atoms with Gasteiger partial charge in [0.1, 0.15) is 5.02 Å². The molecule has 0 aliphatic rings. The number of hydrogen-bond acceptors (Lipinski definition) is 2. The van der Waals surface area contributed by atoms with Gasteiger partial charge < -0.3 is 10.4 Å². The van der Waals surface area contributed by atoms with E-state index in [1.807, 2.05) is 0 Å². The molecule has 3 aromatic carbocycles. The van der Waals surface area contributed by atoms with Crippen LogP contribution in [0.1, 0.15) is 20.7 Å². The molecule has 0 fully saturated rings. The second kappa shape index (κ2) is 7.78. The molecule has 0 saturated carbocycles. The van der Waals surface area contributed by atoms with Gasteiger partial charge in [0.25, 0.3) is 5.91 Å². The highest BCUT2D eigenvalue weighted by Gasteiger charge is 2.21. The minimum absolute atomic E-state index is 0.0291. The van der Waals surface area contributed by atoms with Crippen molar-refractivity contribution in [1.82, 2.24) is 0 Å². The Hall–Kier alpha value is -2.89. The fourth-order valence-corrected chi connectivity index (χ4v) is 3.14. The molecule has 1 amide bonds. The van der Waals surface area contributed by atoms with Gasteiger partial charge in [-0.1, -0.05) is 65.7 Å². The van der Waals surface area contributed by atoms with E-state index in [0.29, 0.717) is 5.56 Å². The second-order valence-electron chi connectivity index (χ2n) is 5.58. The number of benzene rings is 3. The van der Waals surface area contributed by atoms with E-state index in [2.05, 4.69) is 5.32 Å². The van der Waals surface area contributed by atoms with Gasteiger partial charge in [-0.05, 0) is 23.8 Å². The SMILES string of the molecule is O=C(O)c1ccccc1C(=O)Nc1c(Cl)cc(-c2ccccc2)c(F)c1Cl. The monoisotopic (exact) mass is 403 g/mol. The molecule has 0 heterocycles. The van der Waals surface area contributed by atoms with E-state index < -0.39 is 17.7 Å². The van der Waals surface area contributed by atoms with Crippen LogP contribution in [0.3, 0.4) is 0 Å². The summed E-state index contributed by atoms with van der Waals surface area (Å²) in [6.45, 7) is 0. The molecule has 3 rings (SSSR count). The first kappa shape index (κ1) is 18.9. The van der Waals surface area contributed by atoms with Gasteiger partial charge in [0.2, 0.25) is 0 Å². The summed E-state index contributed by atoms with van der Waals surface area (Å²) in [7, 11) is 0. The maximum absolute atomic E-state index is 14.8. The Morgan fingerprint density at radius 3 is 2.15 bits per heavy atom. The average Bonchev–Trinajstić information content (AvgIpc) is 2.68. The van der Waals surface area contributed by atoms with Crippen molar-refractivity contribution in [2.45, 2.75) is 0 Å². The first-order valence-corrected chi connectivity index (χ1v) is 8.52.